The molecule has 1 aliphatic carbocycles. The Balaban J connectivity index is 2.21. The molecule has 17 heavy (non-hydrogen) atoms. The summed E-state index contributed by atoms with van der Waals surface area (Å²) in [6.07, 6.45) is 3.68. The molecule has 0 spiro atoms. The Labute approximate surface area is 105 Å². The van der Waals surface area contributed by atoms with E-state index in [2.05, 4.69) is 24.1 Å². The summed E-state index contributed by atoms with van der Waals surface area (Å²) in [5.41, 5.74) is 0.791. The fraction of sp³-hybridized carbons (Fsp3) is 0.667. The Hall–Kier alpha value is -1.10. The van der Waals surface area contributed by atoms with Crippen LogP contribution in [0.3, 0.4) is 0 Å². The molecule has 1 aliphatic rings. The molecule has 2 rings (SSSR count). The quantitative estimate of drug-likeness (QED) is 0.867. The number of nitrogens with one attached hydrogen (secondary N) is 1. The van der Waals surface area contributed by atoms with Crippen LogP contribution in [0.15, 0.2) is 0 Å². The number of hydrogen-bond acceptors (Lipinski definition) is 4. The molecule has 1 heterocycles. The molecule has 0 saturated carbocycles. The second-order valence-electron chi connectivity index (χ2n) is 4.56. The van der Waals surface area contributed by atoms with Crippen molar-refractivity contribution in [3.63, 3.8) is 0 Å². The number of rotatable bonds is 4. The van der Waals surface area contributed by atoms with Crippen LogP contribution >= 0.6 is 11.3 Å². The van der Waals surface area contributed by atoms with Gasteiger partial charge in [0.25, 0.3) is 0 Å². The molecule has 94 valence electrons. The number of nitrogens with zero attached hydrogens (tertiary/aromatic N) is 1. The molecule has 0 saturated heterocycles. The summed E-state index contributed by atoms with van der Waals surface area (Å²) in [5.74, 6) is -1.14. The van der Waals surface area contributed by atoms with Gasteiger partial charge in [0.15, 0.2) is 5.13 Å². The number of carbonyl (C=O) groups is 1. The Morgan fingerprint density at radius 2 is 2.47 bits per heavy atom. The van der Waals surface area contributed by atoms with Crippen molar-refractivity contribution in [1.29, 1.82) is 0 Å². The highest BCUT2D eigenvalue weighted by Gasteiger charge is 2.30. The van der Waals surface area contributed by atoms with Crippen molar-refractivity contribution in [3.05, 3.63) is 10.6 Å². The highest BCUT2D eigenvalue weighted by molar-refractivity contribution is 7.15. The van der Waals surface area contributed by atoms with Crippen molar-refractivity contribution in [2.75, 3.05) is 5.32 Å². The van der Waals surface area contributed by atoms with Crippen LogP contribution in [0.25, 0.3) is 0 Å². The van der Waals surface area contributed by atoms with E-state index in [1.807, 2.05) is 0 Å². The molecule has 0 aromatic carbocycles. The second kappa shape index (κ2) is 5.04. The molecule has 0 bridgehead atoms. The fourth-order valence-electron chi connectivity index (χ4n) is 2.03. The number of carboxylic acids is 1. The third-order valence-electron chi connectivity index (χ3n) is 3.23. The number of aliphatic carboxylic acids is 1. The second-order valence-corrected chi connectivity index (χ2v) is 5.65. The Morgan fingerprint density at radius 1 is 1.71 bits per heavy atom. The summed E-state index contributed by atoms with van der Waals surface area (Å²) in [5, 5.41) is 13.4. The first kappa shape index (κ1) is 12.4. The number of thiazole rings is 1. The van der Waals surface area contributed by atoms with E-state index in [1.54, 1.807) is 11.3 Å². The van der Waals surface area contributed by atoms with E-state index in [4.69, 9.17) is 5.11 Å². The minimum atomic E-state index is -0.744. The third-order valence-corrected chi connectivity index (χ3v) is 4.30. The van der Waals surface area contributed by atoms with Crippen molar-refractivity contribution in [2.45, 2.75) is 51.5 Å². The molecule has 2 atom stereocenters. The molecule has 2 unspecified atom stereocenters. The molecular weight excluding hydrogens is 236 g/mol. The molecule has 0 aliphatic heterocycles. The zero-order valence-corrected chi connectivity index (χ0v) is 11.0. The predicted octanol–water partition coefficient (Wildman–Crippen LogP) is 2.86. The number of aryl methyl sites for hydroxylation is 1. The number of fused-ring (bicyclic) bond motifs is 1. The van der Waals surface area contributed by atoms with Gasteiger partial charge in [-0.1, -0.05) is 6.92 Å². The lowest BCUT2D eigenvalue weighted by molar-refractivity contribution is -0.139. The summed E-state index contributed by atoms with van der Waals surface area (Å²) < 4.78 is 0. The average molecular weight is 254 g/mol. The van der Waals surface area contributed by atoms with E-state index in [0.29, 0.717) is 6.04 Å². The highest BCUT2D eigenvalue weighted by atomic mass is 32.1. The molecule has 2 N–H and O–H groups in total. The van der Waals surface area contributed by atoms with Gasteiger partial charge in [0.2, 0.25) is 0 Å². The van der Waals surface area contributed by atoms with Crippen molar-refractivity contribution in [3.8, 4) is 0 Å². The van der Waals surface area contributed by atoms with Gasteiger partial charge in [-0.3, -0.25) is 4.79 Å². The summed E-state index contributed by atoms with van der Waals surface area (Å²) in [7, 11) is 0. The highest BCUT2D eigenvalue weighted by Crippen LogP contribution is 2.36. The van der Waals surface area contributed by atoms with E-state index < -0.39 is 11.9 Å². The molecule has 0 radical (unpaired) electrons. The van der Waals surface area contributed by atoms with Crippen molar-refractivity contribution < 1.29 is 9.90 Å². The van der Waals surface area contributed by atoms with Crippen LogP contribution in [-0.4, -0.2) is 22.1 Å². The van der Waals surface area contributed by atoms with Crippen molar-refractivity contribution in [2.24, 2.45) is 0 Å². The molecule has 5 heteroatoms. The maximum Gasteiger partial charge on any atom is 0.312 e. The van der Waals surface area contributed by atoms with Gasteiger partial charge in [-0.15, -0.1) is 11.3 Å². The molecule has 4 nitrogen and oxygen atoms in total. The van der Waals surface area contributed by atoms with Gasteiger partial charge in [-0.05, 0) is 32.6 Å². The molecular formula is C12H18N2O2S. The summed E-state index contributed by atoms with van der Waals surface area (Å²) in [6.45, 7) is 4.22. The van der Waals surface area contributed by atoms with Crippen LogP contribution < -0.4 is 5.32 Å². The number of hydrogen-bond donors (Lipinski definition) is 2. The lowest BCUT2D eigenvalue weighted by atomic mass is 9.91. The Morgan fingerprint density at radius 3 is 3.12 bits per heavy atom. The van der Waals surface area contributed by atoms with Crippen LogP contribution in [-0.2, 0) is 11.2 Å². The van der Waals surface area contributed by atoms with Crippen LogP contribution in [0.1, 0.15) is 49.6 Å². The number of carboxylic acid groups (broad SMARTS) is 1. The smallest absolute Gasteiger partial charge is 0.312 e. The van der Waals surface area contributed by atoms with Gasteiger partial charge in [0.1, 0.15) is 5.92 Å². The molecule has 0 fully saturated rings. The zero-order chi connectivity index (χ0) is 12.4. The Kier molecular flexibility index (Phi) is 3.66. The van der Waals surface area contributed by atoms with E-state index in [0.717, 1.165) is 41.4 Å². The SMILES string of the molecule is CCC(C)Nc1nc2c(s1)CCCC2C(=O)O. The van der Waals surface area contributed by atoms with Gasteiger partial charge < -0.3 is 10.4 Å². The zero-order valence-electron chi connectivity index (χ0n) is 10.2. The van der Waals surface area contributed by atoms with E-state index in [1.165, 1.54) is 0 Å². The minimum absolute atomic E-state index is 0.380. The van der Waals surface area contributed by atoms with E-state index >= 15 is 0 Å². The molecule has 1 aromatic heterocycles. The standard InChI is InChI=1S/C12H18N2O2S/c1-3-7(2)13-12-14-10-8(11(15)16)5-4-6-9(10)17-12/h7-8H,3-6H2,1-2H3,(H,13,14)(H,15,16). The first-order valence-corrected chi connectivity index (χ1v) is 6.92. The van der Waals surface area contributed by atoms with Gasteiger partial charge in [0.05, 0.1) is 5.69 Å². The van der Waals surface area contributed by atoms with Gasteiger partial charge in [-0.2, -0.15) is 0 Å². The fourth-order valence-corrected chi connectivity index (χ4v) is 3.21. The monoisotopic (exact) mass is 254 g/mol. The topological polar surface area (TPSA) is 62.2 Å². The molecule has 0 amide bonds. The van der Waals surface area contributed by atoms with Crippen LogP contribution in [0.5, 0.6) is 0 Å². The van der Waals surface area contributed by atoms with Crippen LogP contribution in [0.4, 0.5) is 5.13 Å². The number of anilines is 1. The Bertz CT molecular complexity index is 417. The maximum absolute atomic E-state index is 11.1. The van der Waals surface area contributed by atoms with Crippen molar-refractivity contribution >= 4 is 22.4 Å². The number of aromatic nitrogens is 1. The lowest BCUT2D eigenvalue weighted by Gasteiger charge is -2.16. The maximum atomic E-state index is 11.1. The first-order chi connectivity index (χ1) is 8.11. The average Bonchev–Trinajstić information content (AvgIpc) is 2.70. The third kappa shape index (κ3) is 2.60. The van der Waals surface area contributed by atoms with Gasteiger partial charge >= 0.3 is 5.97 Å². The first-order valence-electron chi connectivity index (χ1n) is 6.10. The largest absolute Gasteiger partial charge is 0.481 e. The lowest BCUT2D eigenvalue weighted by Crippen LogP contribution is -2.17. The van der Waals surface area contributed by atoms with E-state index in [9.17, 15) is 4.79 Å². The summed E-state index contributed by atoms with van der Waals surface area (Å²) in [4.78, 5) is 16.8. The van der Waals surface area contributed by atoms with Crippen LogP contribution in [0, 0.1) is 0 Å². The predicted molar refractivity (Wildman–Crippen MR) is 68.8 cm³/mol. The van der Waals surface area contributed by atoms with E-state index in [-0.39, 0.29) is 0 Å². The van der Waals surface area contributed by atoms with Gasteiger partial charge in [0, 0.05) is 10.9 Å². The molecule has 1 aromatic rings. The summed E-state index contributed by atoms with van der Waals surface area (Å²) in [6, 6.07) is 0.380. The normalized spacial score (nSPS) is 20.7. The van der Waals surface area contributed by atoms with Crippen LogP contribution in [0.2, 0.25) is 0 Å². The minimum Gasteiger partial charge on any atom is -0.481 e. The van der Waals surface area contributed by atoms with Gasteiger partial charge in [-0.25, -0.2) is 4.98 Å². The summed E-state index contributed by atoms with van der Waals surface area (Å²) >= 11 is 1.61. The van der Waals surface area contributed by atoms with Crippen molar-refractivity contribution in [1.82, 2.24) is 4.98 Å².